The predicted molar refractivity (Wildman–Crippen MR) is 83.7 cm³/mol. The molecule has 0 saturated carbocycles. The van der Waals surface area contributed by atoms with Gasteiger partial charge >= 0.3 is 0 Å². The molecule has 1 amide bonds. The maximum atomic E-state index is 11.7. The molecule has 0 aromatic rings. The third kappa shape index (κ3) is 7.60. The Kier molecular flexibility index (Phi) is 8.95. The molecule has 1 rings (SSSR count). The quantitative estimate of drug-likeness (QED) is 0.492. The predicted octanol–water partition coefficient (Wildman–Crippen LogP) is 1.10. The second kappa shape index (κ2) is 10.3. The summed E-state index contributed by atoms with van der Waals surface area (Å²) in [7, 11) is 0. The van der Waals surface area contributed by atoms with Gasteiger partial charge in [-0.15, -0.1) is 0 Å². The summed E-state index contributed by atoms with van der Waals surface area (Å²) < 4.78 is 0. The SMILES string of the molecule is CCN(CC)CCSCC(=O)NCC1=CCNCC1. The largest absolute Gasteiger partial charge is 0.352 e. The summed E-state index contributed by atoms with van der Waals surface area (Å²) in [6.45, 7) is 10.3. The van der Waals surface area contributed by atoms with Gasteiger partial charge in [-0.2, -0.15) is 11.8 Å². The lowest BCUT2D eigenvalue weighted by Crippen LogP contribution is -2.31. The molecule has 19 heavy (non-hydrogen) atoms. The van der Waals surface area contributed by atoms with Crippen molar-refractivity contribution in [3.05, 3.63) is 11.6 Å². The second-order valence-corrected chi connectivity index (χ2v) is 5.78. The van der Waals surface area contributed by atoms with Crippen molar-refractivity contribution >= 4 is 17.7 Å². The molecule has 0 unspecified atom stereocenters. The number of thioether (sulfide) groups is 1. The van der Waals surface area contributed by atoms with Crippen molar-refractivity contribution in [2.45, 2.75) is 20.3 Å². The van der Waals surface area contributed by atoms with Gasteiger partial charge in [0.15, 0.2) is 0 Å². The number of nitrogens with zero attached hydrogens (tertiary/aromatic N) is 1. The van der Waals surface area contributed by atoms with Gasteiger partial charge in [-0.25, -0.2) is 0 Å². The Morgan fingerprint density at radius 3 is 2.89 bits per heavy atom. The lowest BCUT2D eigenvalue weighted by atomic mass is 10.1. The minimum Gasteiger partial charge on any atom is -0.352 e. The molecule has 0 spiro atoms. The van der Waals surface area contributed by atoms with Gasteiger partial charge in [-0.1, -0.05) is 25.5 Å². The highest BCUT2D eigenvalue weighted by atomic mass is 32.2. The van der Waals surface area contributed by atoms with Gasteiger partial charge in [0.25, 0.3) is 0 Å². The molecule has 1 heterocycles. The van der Waals surface area contributed by atoms with E-state index < -0.39 is 0 Å². The van der Waals surface area contributed by atoms with Crippen molar-refractivity contribution in [2.24, 2.45) is 0 Å². The van der Waals surface area contributed by atoms with E-state index in [1.54, 1.807) is 11.8 Å². The number of hydrogen-bond donors (Lipinski definition) is 2. The van der Waals surface area contributed by atoms with Crippen LogP contribution in [0.1, 0.15) is 20.3 Å². The molecular formula is C14H27N3OS. The van der Waals surface area contributed by atoms with Crippen LogP contribution in [-0.4, -0.2) is 61.6 Å². The van der Waals surface area contributed by atoms with E-state index in [-0.39, 0.29) is 5.91 Å². The third-order valence-corrected chi connectivity index (χ3v) is 4.29. The van der Waals surface area contributed by atoms with Crippen molar-refractivity contribution < 1.29 is 4.79 Å². The van der Waals surface area contributed by atoms with E-state index in [4.69, 9.17) is 0 Å². The molecule has 1 aliphatic heterocycles. The zero-order chi connectivity index (χ0) is 13.9. The summed E-state index contributed by atoms with van der Waals surface area (Å²) >= 11 is 1.72. The Morgan fingerprint density at radius 1 is 1.47 bits per heavy atom. The molecule has 0 aromatic carbocycles. The van der Waals surface area contributed by atoms with E-state index >= 15 is 0 Å². The van der Waals surface area contributed by atoms with E-state index in [2.05, 4.69) is 35.5 Å². The van der Waals surface area contributed by atoms with Gasteiger partial charge in [0.1, 0.15) is 0 Å². The monoisotopic (exact) mass is 285 g/mol. The first-order valence-electron chi connectivity index (χ1n) is 7.21. The van der Waals surface area contributed by atoms with Crippen molar-refractivity contribution in [1.82, 2.24) is 15.5 Å². The van der Waals surface area contributed by atoms with Crippen molar-refractivity contribution in [2.75, 3.05) is 50.8 Å². The zero-order valence-corrected chi connectivity index (χ0v) is 13.0. The second-order valence-electron chi connectivity index (χ2n) is 4.67. The maximum Gasteiger partial charge on any atom is 0.230 e. The smallest absolute Gasteiger partial charge is 0.230 e. The molecule has 0 aromatic heterocycles. The number of carbonyl (C=O) groups excluding carboxylic acids is 1. The molecular weight excluding hydrogens is 258 g/mol. The summed E-state index contributed by atoms with van der Waals surface area (Å²) in [5, 5.41) is 6.27. The number of rotatable bonds is 9. The molecule has 4 nitrogen and oxygen atoms in total. The summed E-state index contributed by atoms with van der Waals surface area (Å²) in [5.41, 5.74) is 1.35. The van der Waals surface area contributed by atoms with Crippen LogP contribution < -0.4 is 10.6 Å². The summed E-state index contributed by atoms with van der Waals surface area (Å²) in [4.78, 5) is 14.1. The van der Waals surface area contributed by atoms with Crippen LogP contribution in [0.25, 0.3) is 0 Å². The lowest BCUT2D eigenvalue weighted by Gasteiger charge is -2.17. The normalized spacial score (nSPS) is 15.4. The summed E-state index contributed by atoms with van der Waals surface area (Å²) in [6.07, 6.45) is 3.23. The Bertz CT molecular complexity index is 290. The minimum atomic E-state index is 0.156. The number of carbonyl (C=O) groups is 1. The van der Waals surface area contributed by atoms with Crippen LogP contribution >= 0.6 is 11.8 Å². The van der Waals surface area contributed by atoms with Crippen LogP contribution in [0.5, 0.6) is 0 Å². The lowest BCUT2D eigenvalue weighted by molar-refractivity contribution is -0.118. The molecule has 5 heteroatoms. The van der Waals surface area contributed by atoms with Gasteiger partial charge in [-0.3, -0.25) is 4.79 Å². The average molecular weight is 285 g/mol. The van der Waals surface area contributed by atoms with Crippen LogP contribution in [0.2, 0.25) is 0 Å². The van der Waals surface area contributed by atoms with Gasteiger partial charge in [0, 0.05) is 25.4 Å². The molecule has 0 radical (unpaired) electrons. The average Bonchev–Trinajstić information content (AvgIpc) is 2.46. The number of nitrogens with one attached hydrogen (secondary N) is 2. The van der Waals surface area contributed by atoms with E-state index in [0.29, 0.717) is 5.75 Å². The fourth-order valence-electron chi connectivity index (χ4n) is 1.99. The molecule has 0 atom stereocenters. The van der Waals surface area contributed by atoms with Gasteiger partial charge in [0.05, 0.1) is 5.75 Å². The fourth-order valence-corrected chi connectivity index (χ4v) is 2.81. The molecule has 2 N–H and O–H groups in total. The number of hydrogen-bond acceptors (Lipinski definition) is 4. The van der Waals surface area contributed by atoms with Crippen LogP contribution in [-0.2, 0) is 4.79 Å². The van der Waals surface area contributed by atoms with E-state index in [1.807, 2.05) is 0 Å². The molecule has 0 bridgehead atoms. The van der Waals surface area contributed by atoms with Crippen LogP contribution in [0.4, 0.5) is 0 Å². The highest BCUT2D eigenvalue weighted by Crippen LogP contribution is 2.04. The Morgan fingerprint density at radius 2 is 2.26 bits per heavy atom. The molecule has 0 saturated heterocycles. The highest BCUT2D eigenvalue weighted by Gasteiger charge is 2.06. The molecule has 1 aliphatic rings. The van der Waals surface area contributed by atoms with E-state index in [9.17, 15) is 4.79 Å². The Balaban J connectivity index is 2.03. The van der Waals surface area contributed by atoms with Crippen molar-refractivity contribution in [3.8, 4) is 0 Å². The van der Waals surface area contributed by atoms with E-state index in [0.717, 1.165) is 51.4 Å². The standard InChI is InChI=1S/C14H27N3OS/c1-3-17(4-2)9-10-19-12-14(18)16-11-13-5-7-15-8-6-13/h5,15H,3-4,6-12H2,1-2H3,(H,16,18). The summed E-state index contributed by atoms with van der Waals surface area (Å²) in [6, 6.07) is 0. The minimum absolute atomic E-state index is 0.156. The van der Waals surface area contributed by atoms with Crippen LogP contribution in [0.3, 0.4) is 0 Å². The van der Waals surface area contributed by atoms with Gasteiger partial charge < -0.3 is 15.5 Å². The van der Waals surface area contributed by atoms with Crippen molar-refractivity contribution in [3.63, 3.8) is 0 Å². The van der Waals surface area contributed by atoms with Crippen LogP contribution in [0.15, 0.2) is 11.6 Å². The van der Waals surface area contributed by atoms with E-state index in [1.165, 1.54) is 5.57 Å². The molecule has 0 aliphatic carbocycles. The molecule has 110 valence electrons. The fraction of sp³-hybridized carbons (Fsp3) is 0.786. The third-order valence-electron chi connectivity index (χ3n) is 3.35. The van der Waals surface area contributed by atoms with Gasteiger partial charge in [-0.05, 0) is 26.1 Å². The zero-order valence-electron chi connectivity index (χ0n) is 12.2. The maximum absolute atomic E-state index is 11.7. The first kappa shape index (κ1) is 16.5. The highest BCUT2D eigenvalue weighted by molar-refractivity contribution is 7.99. The van der Waals surface area contributed by atoms with Crippen molar-refractivity contribution in [1.29, 1.82) is 0 Å². The summed E-state index contributed by atoms with van der Waals surface area (Å²) in [5.74, 6) is 1.76. The number of amides is 1. The molecule has 0 fully saturated rings. The van der Waals surface area contributed by atoms with Crippen LogP contribution in [0, 0.1) is 0 Å². The topological polar surface area (TPSA) is 44.4 Å². The first-order valence-corrected chi connectivity index (χ1v) is 8.37. The van der Waals surface area contributed by atoms with Gasteiger partial charge in [0.2, 0.25) is 5.91 Å². The Labute approximate surface area is 121 Å². The first-order chi connectivity index (χ1) is 9.26. The Hall–Kier alpha value is -0.520.